The van der Waals surface area contributed by atoms with Gasteiger partial charge in [-0.1, -0.05) is 51.1 Å². The lowest BCUT2D eigenvalue weighted by Crippen LogP contribution is -2.44. The largest absolute Gasteiger partial charge is 0.481 e. The Hall–Kier alpha value is -5.19. The Balaban J connectivity index is 0.00000259. The molecule has 4 rings (SSSR count). The zero-order chi connectivity index (χ0) is 32.4. The van der Waals surface area contributed by atoms with Gasteiger partial charge in [-0.15, -0.1) is 0 Å². The van der Waals surface area contributed by atoms with Crippen molar-refractivity contribution < 1.29 is 29.1 Å². The number of carbonyl (C=O) groups excluding carboxylic acids is 4. The van der Waals surface area contributed by atoms with Crippen LogP contribution in [0.5, 0.6) is 0 Å². The van der Waals surface area contributed by atoms with Crippen LogP contribution in [-0.4, -0.2) is 59.4 Å². The third kappa shape index (κ3) is 8.43. The summed E-state index contributed by atoms with van der Waals surface area (Å²) in [5.41, 5.74) is 3.86. The molecule has 5 amide bonds. The standard InChI is InChI=1S/C31H33N5O6.C2H6/c1-4-23(17-29(39)40)36-18-28(38)35(3)26-14-13-22(16-24(26)30(36)41)32-27(37)15-20-9-11-21(12-10-20)33-31(42)34-25-8-6-5-7-19(25)2;1-2/h5-14,16,23H,4,15,17-18H2,1-3H3,(H,32,37)(H,39,40)(H2,33,34,42);1-2H3. The quantitative estimate of drug-likeness (QED) is 0.254. The lowest BCUT2D eigenvalue weighted by atomic mass is 10.1. The Morgan fingerprint density at radius 1 is 0.909 bits per heavy atom. The van der Waals surface area contributed by atoms with Gasteiger partial charge in [0.1, 0.15) is 6.54 Å². The van der Waals surface area contributed by atoms with Gasteiger partial charge in [0.15, 0.2) is 0 Å². The fraction of sp³-hybridized carbons (Fsp3) is 0.303. The maximum Gasteiger partial charge on any atom is 0.323 e. The van der Waals surface area contributed by atoms with Gasteiger partial charge in [0.25, 0.3) is 5.91 Å². The lowest BCUT2D eigenvalue weighted by molar-refractivity contribution is -0.138. The van der Waals surface area contributed by atoms with Crippen molar-refractivity contribution in [1.29, 1.82) is 0 Å². The fourth-order valence-corrected chi connectivity index (χ4v) is 4.76. The van der Waals surface area contributed by atoms with Gasteiger partial charge in [0, 0.05) is 30.2 Å². The van der Waals surface area contributed by atoms with Crippen molar-refractivity contribution in [2.75, 3.05) is 34.4 Å². The summed E-state index contributed by atoms with van der Waals surface area (Å²) in [7, 11) is 1.55. The summed E-state index contributed by atoms with van der Waals surface area (Å²) in [6.45, 7) is 7.42. The number of fused-ring (bicyclic) bond motifs is 1. The summed E-state index contributed by atoms with van der Waals surface area (Å²) in [4.78, 5) is 65.4. The highest BCUT2D eigenvalue weighted by molar-refractivity contribution is 6.10. The minimum Gasteiger partial charge on any atom is -0.481 e. The molecule has 11 nitrogen and oxygen atoms in total. The highest BCUT2D eigenvalue weighted by Crippen LogP contribution is 2.29. The van der Waals surface area contributed by atoms with E-state index < -0.39 is 17.9 Å². The Morgan fingerprint density at radius 2 is 1.57 bits per heavy atom. The van der Waals surface area contributed by atoms with Crippen LogP contribution in [0.4, 0.5) is 27.5 Å². The number of aliphatic carboxylic acids is 1. The third-order valence-electron chi connectivity index (χ3n) is 7.10. The van der Waals surface area contributed by atoms with Gasteiger partial charge >= 0.3 is 12.0 Å². The van der Waals surface area contributed by atoms with Crippen molar-refractivity contribution in [2.45, 2.75) is 53.0 Å². The number of hydrogen-bond acceptors (Lipinski definition) is 5. The van der Waals surface area contributed by atoms with Crippen LogP contribution in [0.15, 0.2) is 66.7 Å². The summed E-state index contributed by atoms with van der Waals surface area (Å²) in [6.07, 6.45) is 0.130. The molecule has 0 aliphatic carbocycles. The first-order chi connectivity index (χ1) is 21.0. The highest BCUT2D eigenvalue weighted by atomic mass is 16.4. The van der Waals surface area contributed by atoms with Crippen LogP contribution < -0.4 is 20.9 Å². The van der Waals surface area contributed by atoms with Crippen LogP contribution in [0, 0.1) is 6.92 Å². The minimum atomic E-state index is -1.06. The second-order valence-electron chi connectivity index (χ2n) is 10.1. The van der Waals surface area contributed by atoms with E-state index in [1.165, 1.54) is 15.9 Å². The van der Waals surface area contributed by atoms with Gasteiger partial charge in [-0.25, -0.2) is 4.79 Å². The topological polar surface area (TPSA) is 148 Å². The molecule has 0 radical (unpaired) electrons. The molecule has 3 aromatic rings. The fourth-order valence-electron chi connectivity index (χ4n) is 4.76. The van der Waals surface area contributed by atoms with Crippen molar-refractivity contribution in [1.82, 2.24) is 4.90 Å². The van der Waals surface area contributed by atoms with Crippen LogP contribution in [-0.2, 0) is 20.8 Å². The molecular weight excluding hydrogens is 562 g/mol. The average molecular weight is 602 g/mol. The molecule has 4 N–H and O–H groups in total. The van der Waals surface area contributed by atoms with E-state index in [-0.39, 0.29) is 42.8 Å². The van der Waals surface area contributed by atoms with Gasteiger partial charge < -0.3 is 30.9 Å². The lowest BCUT2D eigenvalue weighted by Gasteiger charge is -2.28. The molecule has 0 aromatic heterocycles. The first kappa shape index (κ1) is 33.3. The molecule has 3 aromatic carbocycles. The molecule has 232 valence electrons. The number of anilines is 4. The zero-order valence-electron chi connectivity index (χ0n) is 25.6. The number of amides is 5. The third-order valence-corrected chi connectivity index (χ3v) is 7.10. The number of urea groups is 1. The van der Waals surface area contributed by atoms with Crippen molar-refractivity contribution in [3.63, 3.8) is 0 Å². The van der Waals surface area contributed by atoms with E-state index in [1.807, 2.05) is 45.0 Å². The SMILES string of the molecule is CC.CCC(CC(=O)O)N1CC(=O)N(C)c2ccc(NC(=O)Cc3ccc(NC(=O)Nc4ccccc4C)cc3)cc2C1=O. The number of nitrogens with zero attached hydrogens (tertiary/aromatic N) is 2. The van der Waals surface area contributed by atoms with Crippen LogP contribution >= 0.6 is 0 Å². The van der Waals surface area contributed by atoms with E-state index in [0.29, 0.717) is 34.7 Å². The van der Waals surface area contributed by atoms with E-state index in [2.05, 4.69) is 16.0 Å². The summed E-state index contributed by atoms with van der Waals surface area (Å²) in [5.74, 6) is -2.20. The minimum absolute atomic E-state index is 0.0434. The predicted molar refractivity (Wildman–Crippen MR) is 171 cm³/mol. The van der Waals surface area contributed by atoms with Gasteiger partial charge in [0.05, 0.1) is 24.1 Å². The molecule has 1 atom stereocenters. The van der Waals surface area contributed by atoms with E-state index in [0.717, 1.165) is 5.56 Å². The number of carboxylic acid groups (broad SMARTS) is 1. The van der Waals surface area contributed by atoms with Crippen LogP contribution in [0.1, 0.15) is 55.1 Å². The molecule has 11 heteroatoms. The summed E-state index contributed by atoms with van der Waals surface area (Å²) < 4.78 is 0. The number of nitrogens with one attached hydrogen (secondary N) is 3. The Kier molecular flexibility index (Phi) is 11.6. The van der Waals surface area contributed by atoms with Gasteiger partial charge in [-0.05, 0) is 60.9 Å². The maximum atomic E-state index is 13.5. The number of para-hydroxylation sites is 1. The normalized spacial score (nSPS) is 13.1. The van der Waals surface area contributed by atoms with Crippen LogP contribution in [0.3, 0.4) is 0 Å². The Labute approximate surface area is 257 Å². The molecular formula is C33H39N5O6. The van der Waals surface area contributed by atoms with Crippen molar-refractivity contribution in [3.8, 4) is 0 Å². The molecule has 44 heavy (non-hydrogen) atoms. The maximum absolute atomic E-state index is 13.5. The second-order valence-corrected chi connectivity index (χ2v) is 10.1. The molecule has 1 aliphatic heterocycles. The summed E-state index contributed by atoms with van der Waals surface area (Å²) in [5, 5.41) is 17.6. The molecule has 0 bridgehead atoms. The number of carbonyl (C=O) groups is 5. The monoisotopic (exact) mass is 601 g/mol. The molecule has 0 saturated heterocycles. The summed E-state index contributed by atoms with van der Waals surface area (Å²) >= 11 is 0. The van der Waals surface area contributed by atoms with Crippen LogP contribution in [0.2, 0.25) is 0 Å². The Bertz CT molecular complexity index is 1520. The molecule has 1 unspecified atom stereocenters. The number of likely N-dealkylation sites (N-methyl/N-ethyl adjacent to an activating group) is 1. The second kappa shape index (κ2) is 15.3. The summed E-state index contributed by atoms with van der Waals surface area (Å²) in [6, 6.07) is 18.0. The number of rotatable bonds is 9. The van der Waals surface area contributed by atoms with Crippen molar-refractivity contribution in [2.24, 2.45) is 0 Å². The molecule has 1 aliphatic rings. The van der Waals surface area contributed by atoms with E-state index >= 15 is 0 Å². The zero-order valence-corrected chi connectivity index (χ0v) is 25.6. The Morgan fingerprint density at radius 3 is 2.20 bits per heavy atom. The van der Waals surface area contributed by atoms with Gasteiger partial charge in [-0.3, -0.25) is 19.2 Å². The van der Waals surface area contributed by atoms with Gasteiger partial charge in [-0.2, -0.15) is 0 Å². The molecule has 0 spiro atoms. The van der Waals surface area contributed by atoms with Gasteiger partial charge in [0.2, 0.25) is 11.8 Å². The number of hydrogen-bond donors (Lipinski definition) is 4. The highest BCUT2D eigenvalue weighted by Gasteiger charge is 2.34. The van der Waals surface area contributed by atoms with Crippen LogP contribution in [0.25, 0.3) is 0 Å². The molecule has 0 saturated carbocycles. The predicted octanol–water partition coefficient (Wildman–Crippen LogP) is 5.52. The number of aryl methyl sites for hydroxylation is 1. The first-order valence-corrected chi connectivity index (χ1v) is 14.5. The molecule has 1 heterocycles. The van der Waals surface area contributed by atoms with E-state index in [1.54, 1.807) is 50.4 Å². The average Bonchev–Trinajstić information content (AvgIpc) is 3.09. The van der Waals surface area contributed by atoms with Crippen molar-refractivity contribution in [3.05, 3.63) is 83.4 Å². The number of carboxylic acids is 1. The van der Waals surface area contributed by atoms with E-state index in [9.17, 15) is 29.1 Å². The van der Waals surface area contributed by atoms with Crippen molar-refractivity contribution >= 4 is 52.5 Å². The smallest absolute Gasteiger partial charge is 0.323 e. The van der Waals surface area contributed by atoms with E-state index in [4.69, 9.17) is 0 Å². The molecule has 0 fully saturated rings. The number of benzene rings is 3. The first-order valence-electron chi connectivity index (χ1n) is 14.5.